The van der Waals surface area contributed by atoms with Gasteiger partial charge >= 0.3 is 0 Å². The third-order valence-electron chi connectivity index (χ3n) is 4.40. The Labute approximate surface area is 146 Å². The van der Waals surface area contributed by atoms with Crippen molar-refractivity contribution in [2.24, 2.45) is 0 Å². The molecule has 0 radical (unpaired) electrons. The Morgan fingerprint density at radius 1 is 1.16 bits per heavy atom. The van der Waals surface area contributed by atoms with Gasteiger partial charge in [0.25, 0.3) is 0 Å². The second-order valence-corrected chi connectivity index (χ2v) is 6.09. The monoisotopic (exact) mass is 336 g/mol. The van der Waals surface area contributed by atoms with Crippen molar-refractivity contribution >= 4 is 0 Å². The zero-order chi connectivity index (χ0) is 17.1. The minimum absolute atomic E-state index is 0.283. The lowest BCUT2D eigenvalue weighted by molar-refractivity contribution is 0.193. The van der Waals surface area contributed by atoms with E-state index in [1.54, 1.807) is 19.5 Å². The number of pyridine rings is 1. The maximum atomic E-state index is 5.55. The summed E-state index contributed by atoms with van der Waals surface area (Å²) in [7, 11) is 1.67. The summed E-state index contributed by atoms with van der Waals surface area (Å²) < 4.78 is 12.7. The van der Waals surface area contributed by atoms with E-state index >= 15 is 0 Å². The first kappa shape index (κ1) is 15.8. The largest absolute Gasteiger partial charge is 0.497 e. The Hall–Kier alpha value is -2.73. The molecule has 3 heterocycles. The smallest absolute Gasteiger partial charge is 0.155 e. The Bertz CT molecular complexity index is 824. The van der Waals surface area contributed by atoms with Crippen molar-refractivity contribution in [3.63, 3.8) is 0 Å². The number of methoxy groups -OCH3 is 1. The average Bonchev–Trinajstić information content (AvgIpc) is 3.33. The molecule has 4 rings (SSSR count). The van der Waals surface area contributed by atoms with Crippen LogP contribution in [0.25, 0.3) is 5.69 Å². The van der Waals surface area contributed by atoms with Crippen LogP contribution in [0.2, 0.25) is 0 Å². The molecule has 3 aromatic rings. The summed E-state index contributed by atoms with van der Waals surface area (Å²) in [4.78, 5) is 8.92. The Morgan fingerprint density at radius 2 is 1.96 bits per heavy atom. The van der Waals surface area contributed by atoms with E-state index in [9.17, 15) is 0 Å². The summed E-state index contributed by atoms with van der Waals surface area (Å²) in [6, 6.07) is 11.9. The number of nitrogens with zero attached hydrogens (tertiary/aromatic N) is 4. The van der Waals surface area contributed by atoms with Crippen LogP contribution < -0.4 is 4.74 Å². The Morgan fingerprint density at radius 3 is 2.64 bits per heavy atom. The van der Waals surface area contributed by atoms with Crippen molar-refractivity contribution in [2.75, 3.05) is 20.3 Å². The lowest BCUT2D eigenvalue weighted by Gasteiger charge is -2.09. The predicted octanol–water partition coefficient (Wildman–Crippen LogP) is 2.77. The number of aromatic nitrogens is 4. The first-order valence-electron chi connectivity index (χ1n) is 8.40. The van der Waals surface area contributed by atoms with Crippen molar-refractivity contribution in [1.29, 1.82) is 0 Å². The van der Waals surface area contributed by atoms with E-state index in [0.717, 1.165) is 41.7 Å². The summed E-state index contributed by atoms with van der Waals surface area (Å²) in [5, 5.41) is 4.75. The summed E-state index contributed by atoms with van der Waals surface area (Å²) in [5.41, 5.74) is 2.13. The molecule has 1 fully saturated rings. The molecule has 0 N–H and O–H groups in total. The molecule has 0 spiro atoms. The van der Waals surface area contributed by atoms with Crippen LogP contribution >= 0.6 is 0 Å². The van der Waals surface area contributed by atoms with Crippen molar-refractivity contribution in [3.8, 4) is 11.4 Å². The maximum absolute atomic E-state index is 5.55. The van der Waals surface area contributed by atoms with Crippen molar-refractivity contribution in [2.45, 2.75) is 18.8 Å². The van der Waals surface area contributed by atoms with E-state index in [2.05, 4.69) is 4.98 Å². The molecule has 1 saturated heterocycles. The standard InChI is InChI=1S/C19H20N4O2/c1-24-17-4-2-14(3-5-17)12-18-21-19(15-8-11-25-13-15)23(22-18)16-6-9-20-10-7-16/h2-7,9-10,15H,8,11-13H2,1H3/t15-/m0/s1. The van der Waals surface area contributed by atoms with Gasteiger partial charge in [0, 0.05) is 31.3 Å². The third-order valence-corrected chi connectivity index (χ3v) is 4.40. The normalized spacial score (nSPS) is 16.9. The van der Waals surface area contributed by atoms with Crippen LogP contribution in [0.5, 0.6) is 5.75 Å². The molecule has 0 unspecified atom stereocenters. The SMILES string of the molecule is COc1ccc(Cc2nc([C@H]3CCOC3)n(-c3ccncc3)n2)cc1. The van der Waals surface area contributed by atoms with Crippen LogP contribution in [-0.2, 0) is 11.2 Å². The fourth-order valence-electron chi connectivity index (χ4n) is 3.05. The molecule has 0 aliphatic carbocycles. The highest BCUT2D eigenvalue weighted by atomic mass is 16.5. The van der Waals surface area contributed by atoms with E-state index in [1.807, 2.05) is 41.1 Å². The van der Waals surface area contributed by atoms with E-state index in [1.165, 1.54) is 0 Å². The minimum Gasteiger partial charge on any atom is -0.497 e. The summed E-state index contributed by atoms with van der Waals surface area (Å²) in [6.07, 6.45) is 5.21. The quantitative estimate of drug-likeness (QED) is 0.717. The molecule has 0 saturated carbocycles. The topological polar surface area (TPSA) is 62.1 Å². The zero-order valence-corrected chi connectivity index (χ0v) is 14.1. The van der Waals surface area contributed by atoms with Crippen LogP contribution in [0.1, 0.15) is 29.6 Å². The van der Waals surface area contributed by atoms with Gasteiger partial charge < -0.3 is 9.47 Å². The maximum Gasteiger partial charge on any atom is 0.155 e. The van der Waals surface area contributed by atoms with Crippen molar-refractivity contribution in [1.82, 2.24) is 19.7 Å². The van der Waals surface area contributed by atoms with Crippen molar-refractivity contribution in [3.05, 3.63) is 66.0 Å². The molecule has 128 valence electrons. The fraction of sp³-hybridized carbons (Fsp3) is 0.316. The number of ether oxygens (including phenoxy) is 2. The van der Waals surface area contributed by atoms with Gasteiger partial charge in [-0.25, -0.2) is 9.67 Å². The third kappa shape index (κ3) is 3.39. The molecule has 1 atom stereocenters. The van der Waals surface area contributed by atoms with Crippen molar-refractivity contribution < 1.29 is 9.47 Å². The van der Waals surface area contributed by atoms with Gasteiger partial charge in [-0.3, -0.25) is 4.98 Å². The second-order valence-electron chi connectivity index (χ2n) is 6.09. The predicted molar refractivity (Wildman–Crippen MR) is 93.1 cm³/mol. The van der Waals surface area contributed by atoms with Crippen LogP contribution in [0.4, 0.5) is 0 Å². The van der Waals surface area contributed by atoms with Gasteiger partial charge in [0.15, 0.2) is 5.82 Å². The molecule has 1 aliphatic rings. The summed E-state index contributed by atoms with van der Waals surface area (Å²) in [6.45, 7) is 1.48. The van der Waals surface area contributed by atoms with Crippen LogP contribution in [0.15, 0.2) is 48.8 Å². The summed E-state index contributed by atoms with van der Waals surface area (Å²) in [5.74, 6) is 2.91. The number of rotatable bonds is 5. The van der Waals surface area contributed by atoms with E-state index in [0.29, 0.717) is 13.0 Å². The highest BCUT2D eigenvalue weighted by molar-refractivity contribution is 5.32. The first-order valence-corrected chi connectivity index (χ1v) is 8.40. The molecule has 1 aliphatic heterocycles. The van der Waals surface area contributed by atoms with Gasteiger partial charge in [-0.1, -0.05) is 12.1 Å². The van der Waals surface area contributed by atoms with E-state index < -0.39 is 0 Å². The first-order chi connectivity index (χ1) is 12.3. The molecule has 6 heteroatoms. The van der Waals surface area contributed by atoms with Crippen LogP contribution in [-0.4, -0.2) is 40.1 Å². The highest BCUT2D eigenvalue weighted by Gasteiger charge is 2.25. The molecular weight excluding hydrogens is 316 g/mol. The molecule has 2 aromatic heterocycles. The zero-order valence-electron chi connectivity index (χ0n) is 14.1. The van der Waals surface area contributed by atoms with Gasteiger partial charge in [0.05, 0.1) is 19.4 Å². The van der Waals surface area contributed by atoms with Gasteiger partial charge in [-0.05, 0) is 36.2 Å². The molecule has 0 bridgehead atoms. The van der Waals surface area contributed by atoms with Gasteiger partial charge in [0.2, 0.25) is 0 Å². The number of benzene rings is 1. The van der Waals surface area contributed by atoms with Gasteiger partial charge in [0.1, 0.15) is 11.6 Å². The van der Waals surface area contributed by atoms with Crippen LogP contribution in [0, 0.1) is 0 Å². The number of hydrogen-bond donors (Lipinski definition) is 0. The highest BCUT2D eigenvalue weighted by Crippen LogP contribution is 2.26. The molecular formula is C19H20N4O2. The number of hydrogen-bond acceptors (Lipinski definition) is 5. The molecule has 25 heavy (non-hydrogen) atoms. The summed E-state index contributed by atoms with van der Waals surface area (Å²) >= 11 is 0. The van der Waals surface area contributed by atoms with Gasteiger partial charge in [-0.15, -0.1) is 0 Å². The van der Waals surface area contributed by atoms with Gasteiger partial charge in [-0.2, -0.15) is 5.10 Å². The average molecular weight is 336 g/mol. The molecule has 6 nitrogen and oxygen atoms in total. The second kappa shape index (κ2) is 7.03. The Balaban J connectivity index is 1.66. The lowest BCUT2D eigenvalue weighted by atomic mass is 10.1. The lowest BCUT2D eigenvalue weighted by Crippen LogP contribution is -2.09. The van der Waals surface area contributed by atoms with E-state index in [-0.39, 0.29) is 5.92 Å². The molecule has 1 aromatic carbocycles. The molecule has 0 amide bonds. The Kier molecular flexibility index (Phi) is 4.43. The minimum atomic E-state index is 0.283. The van der Waals surface area contributed by atoms with Crippen LogP contribution in [0.3, 0.4) is 0 Å². The van der Waals surface area contributed by atoms with E-state index in [4.69, 9.17) is 19.6 Å². The fourth-order valence-corrected chi connectivity index (χ4v) is 3.05.